The minimum atomic E-state index is -0.876. The fourth-order valence-electron chi connectivity index (χ4n) is 13.3. The van der Waals surface area contributed by atoms with Gasteiger partial charge in [-0.1, -0.05) is 71.0 Å². The van der Waals surface area contributed by atoms with Gasteiger partial charge in [0, 0.05) is 6.20 Å². The van der Waals surface area contributed by atoms with Crippen LogP contribution < -0.4 is 5.32 Å². The highest BCUT2D eigenvalue weighted by Gasteiger charge is 2.71. The van der Waals surface area contributed by atoms with E-state index in [1.807, 2.05) is 30.3 Å². The molecule has 4 saturated carbocycles. The predicted molar refractivity (Wildman–Crippen MR) is 192 cm³/mol. The summed E-state index contributed by atoms with van der Waals surface area (Å²) in [6, 6.07) is 13.4. The van der Waals surface area contributed by atoms with Crippen LogP contribution in [-0.2, 0) is 11.3 Å². The summed E-state index contributed by atoms with van der Waals surface area (Å²) in [6.07, 6.45) is 14.3. The first-order valence-electron chi connectivity index (χ1n) is 18.6. The number of carboxylic acid groups (broad SMARTS) is 1. The number of hydrogen-bond acceptors (Lipinski definition) is 3. The van der Waals surface area contributed by atoms with Crippen molar-refractivity contribution in [3.63, 3.8) is 0 Å². The van der Waals surface area contributed by atoms with Crippen LogP contribution in [0.1, 0.15) is 121 Å². The lowest BCUT2D eigenvalue weighted by molar-refractivity contribution is -0.225. The Bertz CT molecular complexity index is 1640. The Labute approximate surface area is 288 Å². The number of nitrogens with one attached hydrogen (secondary N) is 1. The molecule has 48 heavy (non-hydrogen) atoms. The van der Waals surface area contributed by atoms with Gasteiger partial charge >= 0.3 is 5.97 Å². The van der Waals surface area contributed by atoms with Crippen LogP contribution in [0.3, 0.4) is 0 Å². The Hall–Kier alpha value is -3.21. The van der Waals surface area contributed by atoms with E-state index in [0.29, 0.717) is 41.7 Å². The number of nitrogens with zero attached hydrogens (tertiary/aromatic N) is 1. The molecule has 0 radical (unpaired) electrons. The van der Waals surface area contributed by atoms with Crippen LogP contribution in [0.25, 0.3) is 5.57 Å². The molecular formula is C43H56N2O3. The zero-order valence-corrected chi connectivity index (χ0v) is 30.1. The van der Waals surface area contributed by atoms with Gasteiger partial charge in [-0.25, -0.2) is 4.79 Å². The van der Waals surface area contributed by atoms with Gasteiger partial charge in [0.1, 0.15) is 0 Å². The standard InChI is InChI=1S/C43H56N2O3/c1-27(2)31-17-22-43(38(48)45-26-30-10-8-9-25-44-30)24-23-41(6)33(36(31)43)15-16-35-40(5)20-18-32(28-11-13-29(14-12-28)37(46)47)39(3,4)34(40)19-21-42(35,41)7/h8-14,18,25,31,33-36H,1,15-17,19-24,26H2,2-7H3,(H,45,48)(H,46,47)/t31-,33+,34-,35+,36+,40-,41+,42+,43-/m0/s1. The summed E-state index contributed by atoms with van der Waals surface area (Å²) < 4.78 is 0. The van der Waals surface area contributed by atoms with E-state index in [0.717, 1.165) is 43.4 Å². The van der Waals surface area contributed by atoms with Crippen molar-refractivity contribution in [2.75, 3.05) is 0 Å². The second-order valence-corrected chi connectivity index (χ2v) is 17.8. The van der Waals surface area contributed by atoms with Crippen LogP contribution in [0, 0.1) is 56.7 Å². The van der Waals surface area contributed by atoms with Gasteiger partial charge in [-0.05, 0) is 151 Å². The van der Waals surface area contributed by atoms with Gasteiger partial charge < -0.3 is 10.4 Å². The molecule has 5 aliphatic rings. The lowest BCUT2D eigenvalue weighted by Crippen LogP contribution is -2.66. The topological polar surface area (TPSA) is 79.3 Å². The molecule has 1 aromatic carbocycles. The van der Waals surface area contributed by atoms with Crippen molar-refractivity contribution >= 4 is 17.4 Å². The summed E-state index contributed by atoms with van der Waals surface area (Å²) in [7, 11) is 0. The minimum Gasteiger partial charge on any atom is -0.478 e. The number of carbonyl (C=O) groups is 2. The molecule has 7 rings (SSSR count). The highest BCUT2D eigenvalue weighted by atomic mass is 16.4. The van der Waals surface area contributed by atoms with Gasteiger partial charge in [0.15, 0.2) is 0 Å². The average Bonchev–Trinajstić information content (AvgIpc) is 3.46. The molecule has 0 unspecified atom stereocenters. The van der Waals surface area contributed by atoms with Crippen molar-refractivity contribution in [3.05, 3.63) is 83.7 Å². The summed E-state index contributed by atoms with van der Waals surface area (Å²) >= 11 is 0. The van der Waals surface area contributed by atoms with Crippen molar-refractivity contribution < 1.29 is 14.7 Å². The molecule has 0 bridgehead atoms. The second-order valence-electron chi connectivity index (χ2n) is 17.8. The Balaban J connectivity index is 1.20. The van der Waals surface area contributed by atoms with Gasteiger partial charge in [0.2, 0.25) is 5.91 Å². The first-order chi connectivity index (χ1) is 22.7. The maximum atomic E-state index is 14.4. The molecule has 2 aromatic rings. The molecule has 1 amide bonds. The zero-order chi connectivity index (χ0) is 34.3. The van der Waals surface area contributed by atoms with E-state index in [9.17, 15) is 14.7 Å². The maximum Gasteiger partial charge on any atom is 0.335 e. The molecular weight excluding hydrogens is 592 g/mol. The number of rotatable bonds is 6. The van der Waals surface area contributed by atoms with Gasteiger partial charge in [-0.3, -0.25) is 9.78 Å². The molecule has 9 atom stereocenters. The molecule has 0 spiro atoms. The van der Waals surface area contributed by atoms with Gasteiger partial charge in [0.05, 0.1) is 23.2 Å². The van der Waals surface area contributed by atoms with Gasteiger partial charge in [0.25, 0.3) is 0 Å². The Morgan fingerprint density at radius 2 is 1.65 bits per heavy atom. The number of carboxylic acids is 1. The monoisotopic (exact) mass is 648 g/mol. The highest BCUT2D eigenvalue weighted by Crippen LogP contribution is 2.77. The molecule has 1 aromatic heterocycles. The number of fused-ring (bicyclic) bond motifs is 7. The highest BCUT2D eigenvalue weighted by molar-refractivity contribution is 5.88. The minimum absolute atomic E-state index is 0.0132. The largest absolute Gasteiger partial charge is 0.478 e. The third-order valence-electron chi connectivity index (χ3n) is 15.7. The quantitative estimate of drug-likeness (QED) is 0.306. The SMILES string of the molecule is C=C(C)[C@@H]1CC[C@]2(C(=O)NCc3ccccn3)CC[C@]3(C)[C@H](CC[C@@H]4[C@@]5(C)CC=C(c6ccc(C(=O)O)cc6)C(C)(C)[C@@H]5CC[C@]43C)[C@@H]12. The smallest absolute Gasteiger partial charge is 0.335 e. The predicted octanol–water partition coefficient (Wildman–Crippen LogP) is 9.75. The first kappa shape index (κ1) is 33.3. The average molecular weight is 649 g/mol. The Morgan fingerprint density at radius 1 is 0.896 bits per heavy atom. The molecule has 0 aliphatic heterocycles. The van der Waals surface area contributed by atoms with Crippen molar-refractivity contribution in [2.45, 2.75) is 106 Å². The molecule has 4 fully saturated rings. The molecule has 5 heteroatoms. The number of aromatic carboxylic acids is 1. The number of aromatic nitrogens is 1. The number of pyridine rings is 1. The van der Waals surface area contributed by atoms with E-state index in [4.69, 9.17) is 0 Å². The van der Waals surface area contributed by atoms with Crippen LogP contribution in [0.2, 0.25) is 0 Å². The van der Waals surface area contributed by atoms with Crippen molar-refractivity contribution in [3.8, 4) is 0 Å². The maximum absolute atomic E-state index is 14.4. The first-order valence-corrected chi connectivity index (χ1v) is 18.6. The van der Waals surface area contributed by atoms with Crippen molar-refractivity contribution in [1.82, 2.24) is 10.3 Å². The lowest BCUT2D eigenvalue weighted by atomic mass is 9.32. The Kier molecular flexibility index (Phi) is 7.92. The molecule has 0 saturated heterocycles. The molecule has 5 aliphatic carbocycles. The third kappa shape index (κ3) is 4.65. The number of hydrogen-bond donors (Lipinski definition) is 2. The fourth-order valence-corrected chi connectivity index (χ4v) is 13.3. The van der Waals surface area contributed by atoms with Gasteiger partial charge in [-0.2, -0.15) is 0 Å². The van der Waals surface area contributed by atoms with Gasteiger partial charge in [-0.15, -0.1) is 0 Å². The third-order valence-corrected chi connectivity index (χ3v) is 15.7. The van der Waals surface area contributed by atoms with Crippen LogP contribution in [-0.4, -0.2) is 22.0 Å². The van der Waals surface area contributed by atoms with E-state index in [1.165, 1.54) is 36.8 Å². The fraction of sp³-hybridized carbons (Fsp3) is 0.605. The van der Waals surface area contributed by atoms with Crippen molar-refractivity contribution in [2.24, 2.45) is 56.7 Å². The summed E-state index contributed by atoms with van der Waals surface area (Å²) in [4.78, 5) is 30.4. The van der Waals surface area contributed by atoms with Crippen LogP contribution in [0.5, 0.6) is 0 Å². The molecule has 256 valence electrons. The van der Waals surface area contributed by atoms with Crippen LogP contribution >= 0.6 is 0 Å². The summed E-state index contributed by atoms with van der Waals surface area (Å²) in [6.45, 7) is 20.0. The lowest BCUT2D eigenvalue weighted by Gasteiger charge is -2.72. The van der Waals surface area contributed by atoms with Crippen LogP contribution in [0.4, 0.5) is 0 Å². The molecule has 2 N–H and O–H groups in total. The number of amides is 1. The molecule has 1 heterocycles. The van der Waals surface area contributed by atoms with E-state index >= 15 is 0 Å². The van der Waals surface area contributed by atoms with E-state index in [1.54, 1.807) is 18.3 Å². The Morgan fingerprint density at radius 3 is 2.31 bits per heavy atom. The van der Waals surface area contributed by atoms with E-state index < -0.39 is 5.97 Å². The second kappa shape index (κ2) is 11.4. The number of allylic oxidation sites excluding steroid dienone is 3. The van der Waals surface area contributed by atoms with Crippen LogP contribution in [0.15, 0.2) is 66.9 Å². The summed E-state index contributed by atoms with van der Waals surface area (Å²) in [5, 5.41) is 12.8. The van der Waals surface area contributed by atoms with Crippen molar-refractivity contribution in [1.29, 1.82) is 0 Å². The normalized spacial score (nSPS) is 39.5. The zero-order valence-electron chi connectivity index (χ0n) is 30.1. The van der Waals surface area contributed by atoms with E-state index in [-0.39, 0.29) is 33.0 Å². The number of carbonyl (C=O) groups excluding carboxylic acids is 1. The summed E-state index contributed by atoms with van der Waals surface area (Å²) in [5.74, 6) is 1.78. The number of benzene rings is 1. The van der Waals surface area contributed by atoms with E-state index in [2.05, 4.69) is 64.5 Å². The summed E-state index contributed by atoms with van der Waals surface area (Å²) in [5.41, 5.74) is 5.26. The molecule has 5 nitrogen and oxygen atoms in total.